The summed E-state index contributed by atoms with van der Waals surface area (Å²) >= 11 is 0. The number of carbonyl (C=O) groups is 2. The largest absolute Gasteiger partial charge is 0.465 e. The molecule has 5 nitrogen and oxygen atoms in total. The van der Waals surface area contributed by atoms with Crippen LogP contribution in [-0.2, 0) is 20.7 Å². The summed E-state index contributed by atoms with van der Waals surface area (Å²) in [7, 11) is 1.33. The maximum absolute atomic E-state index is 15.2. The van der Waals surface area contributed by atoms with E-state index in [1.54, 1.807) is 36.4 Å². The molecule has 1 aliphatic rings. The van der Waals surface area contributed by atoms with Crippen LogP contribution in [-0.4, -0.2) is 30.4 Å². The van der Waals surface area contributed by atoms with Gasteiger partial charge in [-0.3, -0.25) is 0 Å². The number of ether oxygens (including phenoxy) is 2. The Balaban J connectivity index is 1.87. The van der Waals surface area contributed by atoms with Gasteiger partial charge in [-0.2, -0.15) is 0 Å². The van der Waals surface area contributed by atoms with Crippen molar-refractivity contribution >= 4 is 17.7 Å². The number of nitrogens with zero attached hydrogens (tertiary/aromatic N) is 1. The van der Waals surface area contributed by atoms with Crippen LogP contribution in [0.2, 0.25) is 0 Å². The van der Waals surface area contributed by atoms with Gasteiger partial charge in [-0.1, -0.05) is 43.7 Å². The summed E-state index contributed by atoms with van der Waals surface area (Å²) < 4.78 is 25.5. The molecule has 0 radical (unpaired) electrons. The summed E-state index contributed by atoms with van der Waals surface area (Å²) in [6.07, 6.45) is 2.32. The van der Waals surface area contributed by atoms with Crippen molar-refractivity contribution in [3.8, 4) is 11.1 Å². The van der Waals surface area contributed by atoms with Gasteiger partial charge in [0, 0.05) is 12.1 Å². The lowest BCUT2D eigenvalue weighted by Crippen LogP contribution is -2.24. The number of allylic oxidation sites excluding steroid dienone is 2. The summed E-state index contributed by atoms with van der Waals surface area (Å²) in [5, 5.41) is 0. The van der Waals surface area contributed by atoms with Gasteiger partial charge in [0.2, 0.25) is 0 Å². The second kappa shape index (κ2) is 10.1. The van der Waals surface area contributed by atoms with Crippen LogP contribution >= 0.6 is 0 Å². The first kappa shape index (κ1) is 24.4. The number of carbonyl (C=O) groups excluding carboxylic acids is 2. The summed E-state index contributed by atoms with van der Waals surface area (Å²) in [5.41, 5.74) is 3.60. The lowest BCUT2D eigenvalue weighted by Gasteiger charge is -2.20. The average Bonchev–Trinajstić information content (AvgIpc) is 3.16. The van der Waals surface area contributed by atoms with Crippen molar-refractivity contribution in [3.63, 3.8) is 0 Å². The van der Waals surface area contributed by atoms with Crippen LogP contribution in [0.1, 0.15) is 62.9 Å². The number of hydrogen-bond acceptors (Lipinski definition) is 5. The van der Waals surface area contributed by atoms with Gasteiger partial charge in [0.25, 0.3) is 0 Å². The number of halogens is 1. The molecule has 2 aromatic rings. The molecular formula is C27H30FNO4. The Morgan fingerprint density at radius 2 is 1.82 bits per heavy atom. The van der Waals surface area contributed by atoms with E-state index < -0.39 is 17.5 Å². The summed E-state index contributed by atoms with van der Waals surface area (Å²) in [5.74, 6) is -1.27. The summed E-state index contributed by atoms with van der Waals surface area (Å²) in [6, 6.07) is 12.0. The van der Waals surface area contributed by atoms with Gasteiger partial charge in [-0.05, 0) is 68.0 Å². The molecule has 0 unspecified atom stereocenters. The maximum Gasteiger partial charge on any atom is 0.352 e. The second-order valence-corrected chi connectivity index (χ2v) is 9.06. The number of rotatable bonds is 7. The van der Waals surface area contributed by atoms with Crippen LogP contribution in [0.25, 0.3) is 11.1 Å². The highest BCUT2D eigenvalue weighted by Gasteiger charge is 2.25. The van der Waals surface area contributed by atoms with E-state index in [1.165, 1.54) is 13.2 Å². The third-order valence-electron chi connectivity index (χ3n) is 5.28. The molecule has 174 valence electrons. The molecule has 3 rings (SSSR count). The van der Waals surface area contributed by atoms with Crippen LogP contribution < -0.4 is 0 Å². The van der Waals surface area contributed by atoms with Crippen molar-refractivity contribution in [1.29, 1.82) is 0 Å². The molecule has 0 saturated carbocycles. The van der Waals surface area contributed by atoms with Crippen molar-refractivity contribution < 1.29 is 23.5 Å². The smallest absolute Gasteiger partial charge is 0.352 e. The topological polar surface area (TPSA) is 65.0 Å². The first-order chi connectivity index (χ1) is 15.6. The number of aliphatic imine (C=N–C) groups is 1. The molecule has 0 amide bonds. The number of benzene rings is 2. The quantitative estimate of drug-likeness (QED) is 0.480. The minimum Gasteiger partial charge on any atom is -0.465 e. The highest BCUT2D eigenvalue weighted by molar-refractivity contribution is 6.37. The van der Waals surface area contributed by atoms with Crippen LogP contribution in [0.3, 0.4) is 0 Å². The third kappa shape index (κ3) is 5.95. The molecule has 0 aromatic heterocycles. The van der Waals surface area contributed by atoms with Gasteiger partial charge in [0.15, 0.2) is 0 Å². The zero-order valence-corrected chi connectivity index (χ0v) is 19.8. The highest BCUT2D eigenvalue weighted by Crippen LogP contribution is 2.31. The molecular weight excluding hydrogens is 421 g/mol. The van der Waals surface area contributed by atoms with Crippen molar-refractivity contribution in [2.75, 3.05) is 7.11 Å². The fourth-order valence-electron chi connectivity index (χ4n) is 3.79. The van der Waals surface area contributed by atoms with E-state index in [4.69, 9.17) is 9.47 Å². The third-order valence-corrected chi connectivity index (χ3v) is 5.28. The SMILES string of the molecule is CCCC1=C(Cc2ccc(-c3ccccc3C(=O)OC(C)(C)C)cc2F)CC(C(=O)OC)=N1. The monoisotopic (exact) mass is 451 g/mol. The molecule has 0 bridgehead atoms. The Morgan fingerprint density at radius 3 is 2.45 bits per heavy atom. The van der Waals surface area contributed by atoms with Crippen LogP contribution in [0, 0.1) is 5.82 Å². The average molecular weight is 452 g/mol. The molecule has 0 atom stereocenters. The van der Waals surface area contributed by atoms with Gasteiger partial charge < -0.3 is 9.47 Å². The van der Waals surface area contributed by atoms with Crippen LogP contribution in [0.5, 0.6) is 0 Å². The lowest BCUT2D eigenvalue weighted by molar-refractivity contribution is -0.132. The van der Waals surface area contributed by atoms with Crippen molar-refractivity contribution in [3.05, 3.63) is 70.7 Å². The van der Waals surface area contributed by atoms with E-state index in [2.05, 4.69) is 4.99 Å². The van der Waals surface area contributed by atoms with E-state index in [9.17, 15) is 9.59 Å². The minimum absolute atomic E-state index is 0.360. The van der Waals surface area contributed by atoms with Gasteiger partial charge >= 0.3 is 11.9 Å². The van der Waals surface area contributed by atoms with Crippen molar-refractivity contribution in [1.82, 2.24) is 0 Å². The van der Waals surface area contributed by atoms with Crippen LogP contribution in [0.15, 0.2) is 58.7 Å². The minimum atomic E-state index is -0.629. The van der Waals surface area contributed by atoms with Gasteiger partial charge in [0.1, 0.15) is 17.1 Å². The maximum atomic E-state index is 15.2. The van der Waals surface area contributed by atoms with E-state index in [1.807, 2.05) is 27.7 Å². The molecule has 2 aromatic carbocycles. The predicted molar refractivity (Wildman–Crippen MR) is 127 cm³/mol. The summed E-state index contributed by atoms with van der Waals surface area (Å²) in [6.45, 7) is 7.46. The Bertz CT molecular complexity index is 1130. The van der Waals surface area contributed by atoms with E-state index in [0.717, 1.165) is 24.1 Å². The Labute approximate surface area is 194 Å². The molecule has 0 saturated heterocycles. The van der Waals surface area contributed by atoms with E-state index in [-0.39, 0.29) is 5.82 Å². The molecule has 0 aliphatic carbocycles. The van der Waals surface area contributed by atoms with E-state index in [0.29, 0.717) is 40.8 Å². The lowest BCUT2D eigenvalue weighted by atomic mass is 9.95. The van der Waals surface area contributed by atoms with Crippen molar-refractivity contribution in [2.45, 2.75) is 59.0 Å². The molecule has 6 heteroatoms. The summed E-state index contributed by atoms with van der Waals surface area (Å²) in [4.78, 5) is 29.0. The molecule has 0 spiro atoms. The molecule has 0 fully saturated rings. The van der Waals surface area contributed by atoms with Crippen molar-refractivity contribution in [2.24, 2.45) is 4.99 Å². The fraction of sp³-hybridized carbons (Fsp3) is 0.370. The predicted octanol–water partition coefficient (Wildman–Crippen LogP) is 6.06. The van der Waals surface area contributed by atoms with E-state index >= 15 is 4.39 Å². The molecule has 1 aliphatic heterocycles. The number of esters is 2. The van der Waals surface area contributed by atoms with Gasteiger partial charge in [-0.25, -0.2) is 19.0 Å². The first-order valence-electron chi connectivity index (χ1n) is 11.1. The Hall–Kier alpha value is -3.28. The Morgan fingerprint density at radius 1 is 1.09 bits per heavy atom. The zero-order chi connectivity index (χ0) is 24.2. The molecule has 0 N–H and O–H groups in total. The van der Waals surface area contributed by atoms with Gasteiger partial charge in [-0.15, -0.1) is 0 Å². The molecule has 33 heavy (non-hydrogen) atoms. The first-order valence-corrected chi connectivity index (χ1v) is 11.1. The zero-order valence-electron chi connectivity index (χ0n) is 19.8. The molecule has 1 heterocycles. The Kier molecular flexibility index (Phi) is 7.46. The second-order valence-electron chi connectivity index (χ2n) is 9.06. The number of hydrogen-bond donors (Lipinski definition) is 0. The normalized spacial score (nSPS) is 13.7. The standard InChI is InChI=1S/C27H30FNO4/c1-6-9-23-19(16-24(29-23)26(31)32-5)14-18-13-12-17(15-22(18)28)20-10-7-8-11-21(20)25(30)33-27(2,3)4/h7-8,10-13,15H,6,9,14,16H2,1-5H3. The highest BCUT2D eigenvalue weighted by atomic mass is 19.1. The van der Waals surface area contributed by atoms with Crippen LogP contribution in [0.4, 0.5) is 4.39 Å². The number of methoxy groups -OCH3 is 1. The van der Waals surface area contributed by atoms with Gasteiger partial charge in [0.05, 0.1) is 12.7 Å². The fourth-order valence-corrected chi connectivity index (χ4v) is 3.79.